The van der Waals surface area contributed by atoms with Crippen molar-refractivity contribution < 1.29 is 9.90 Å². The smallest absolute Gasteiger partial charge is 0.223 e. The standard InChI is InChI=1S/C12H24N2O2/c1-9(2)7-14-11(15)10-3-5-12(16,8-13)6-4-10/h9-10,16H,3-8,13H2,1-2H3,(H,14,15). The molecule has 1 fully saturated rings. The van der Waals surface area contributed by atoms with Gasteiger partial charge in [-0.05, 0) is 31.6 Å². The Kier molecular flexibility index (Phi) is 4.74. The summed E-state index contributed by atoms with van der Waals surface area (Å²) in [5.74, 6) is 0.673. The van der Waals surface area contributed by atoms with Crippen molar-refractivity contribution in [3.8, 4) is 0 Å². The van der Waals surface area contributed by atoms with Gasteiger partial charge in [-0.2, -0.15) is 0 Å². The average Bonchev–Trinajstić information content (AvgIpc) is 2.27. The number of aliphatic hydroxyl groups is 1. The first-order chi connectivity index (χ1) is 7.47. The molecule has 1 amide bonds. The number of nitrogens with one attached hydrogen (secondary N) is 1. The van der Waals surface area contributed by atoms with Crippen molar-refractivity contribution in [1.82, 2.24) is 5.32 Å². The Morgan fingerprint density at radius 3 is 2.50 bits per heavy atom. The van der Waals surface area contributed by atoms with Crippen LogP contribution in [-0.4, -0.2) is 29.7 Å². The van der Waals surface area contributed by atoms with E-state index < -0.39 is 5.60 Å². The summed E-state index contributed by atoms with van der Waals surface area (Å²) < 4.78 is 0. The van der Waals surface area contributed by atoms with Crippen molar-refractivity contribution in [2.75, 3.05) is 13.1 Å². The highest BCUT2D eigenvalue weighted by Gasteiger charge is 2.34. The molecule has 4 nitrogen and oxygen atoms in total. The molecule has 94 valence electrons. The lowest BCUT2D eigenvalue weighted by molar-refractivity contribution is -0.127. The van der Waals surface area contributed by atoms with Gasteiger partial charge < -0.3 is 16.2 Å². The minimum absolute atomic E-state index is 0.0607. The van der Waals surface area contributed by atoms with Gasteiger partial charge in [-0.15, -0.1) is 0 Å². The Bertz CT molecular complexity index is 233. The van der Waals surface area contributed by atoms with Crippen LogP contribution in [0.2, 0.25) is 0 Å². The van der Waals surface area contributed by atoms with Crippen molar-refractivity contribution in [3.63, 3.8) is 0 Å². The lowest BCUT2D eigenvalue weighted by atomic mass is 9.78. The molecule has 1 rings (SSSR count). The number of hydrogen-bond acceptors (Lipinski definition) is 3. The molecule has 0 aromatic carbocycles. The second-order valence-corrected chi connectivity index (χ2v) is 5.34. The summed E-state index contributed by atoms with van der Waals surface area (Å²) in [6, 6.07) is 0. The van der Waals surface area contributed by atoms with E-state index in [9.17, 15) is 9.90 Å². The molecule has 0 unspecified atom stereocenters. The Balaban J connectivity index is 2.33. The normalized spacial score (nSPS) is 30.4. The van der Waals surface area contributed by atoms with E-state index in [0.29, 0.717) is 25.3 Å². The SMILES string of the molecule is CC(C)CNC(=O)C1CCC(O)(CN)CC1. The molecule has 0 radical (unpaired) electrons. The van der Waals surface area contributed by atoms with Crippen molar-refractivity contribution in [3.05, 3.63) is 0 Å². The van der Waals surface area contributed by atoms with Gasteiger partial charge in [0.2, 0.25) is 5.91 Å². The molecule has 4 N–H and O–H groups in total. The molecule has 16 heavy (non-hydrogen) atoms. The van der Waals surface area contributed by atoms with Gasteiger partial charge in [0.15, 0.2) is 0 Å². The summed E-state index contributed by atoms with van der Waals surface area (Å²) in [6.07, 6.45) is 2.78. The summed E-state index contributed by atoms with van der Waals surface area (Å²) in [5, 5.41) is 12.9. The maximum Gasteiger partial charge on any atom is 0.223 e. The third kappa shape index (κ3) is 3.76. The molecule has 0 atom stereocenters. The van der Waals surface area contributed by atoms with Gasteiger partial charge in [-0.1, -0.05) is 13.8 Å². The van der Waals surface area contributed by atoms with E-state index in [1.54, 1.807) is 0 Å². The summed E-state index contributed by atoms with van der Waals surface area (Å²) in [6.45, 7) is 5.19. The average molecular weight is 228 g/mol. The van der Waals surface area contributed by atoms with Crippen LogP contribution in [0.25, 0.3) is 0 Å². The maximum atomic E-state index is 11.8. The first-order valence-corrected chi connectivity index (χ1v) is 6.17. The monoisotopic (exact) mass is 228 g/mol. The number of carbonyl (C=O) groups is 1. The zero-order valence-corrected chi connectivity index (χ0v) is 10.3. The van der Waals surface area contributed by atoms with E-state index in [0.717, 1.165) is 19.4 Å². The predicted octanol–water partition coefficient (Wildman–Crippen LogP) is 0.639. The molecule has 4 heteroatoms. The Hall–Kier alpha value is -0.610. The Labute approximate surface area is 97.6 Å². The van der Waals surface area contributed by atoms with Crippen molar-refractivity contribution in [2.45, 2.75) is 45.1 Å². The van der Waals surface area contributed by atoms with Crippen LogP contribution in [0.3, 0.4) is 0 Å². The second kappa shape index (κ2) is 5.64. The molecule has 0 aromatic rings. The molecule has 0 saturated heterocycles. The van der Waals surface area contributed by atoms with E-state index in [1.165, 1.54) is 0 Å². The van der Waals surface area contributed by atoms with Gasteiger partial charge in [-0.25, -0.2) is 0 Å². The van der Waals surface area contributed by atoms with Gasteiger partial charge >= 0.3 is 0 Å². The van der Waals surface area contributed by atoms with Crippen LogP contribution in [0, 0.1) is 11.8 Å². The van der Waals surface area contributed by atoms with Crippen LogP contribution in [0.1, 0.15) is 39.5 Å². The largest absolute Gasteiger partial charge is 0.389 e. The highest BCUT2D eigenvalue weighted by molar-refractivity contribution is 5.78. The molecule has 1 aliphatic rings. The number of amides is 1. The zero-order valence-electron chi connectivity index (χ0n) is 10.3. The van der Waals surface area contributed by atoms with Gasteiger partial charge in [0, 0.05) is 19.0 Å². The minimum Gasteiger partial charge on any atom is -0.389 e. The van der Waals surface area contributed by atoms with E-state index in [2.05, 4.69) is 19.2 Å². The van der Waals surface area contributed by atoms with E-state index in [4.69, 9.17) is 5.73 Å². The van der Waals surface area contributed by atoms with E-state index >= 15 is 0 Å². The van der Waals surface area contributed by atoms with Crippen LogP contribution < -0.4 is 11.1 Å². The third-order valence-corrected chi connectivity index (χ3v) is 3.35. The Morgan fingerprint density at radius 1 is 1.50 bits per heavy atom. The summed E-state index contributed by atoms with van der Waals surface area (Å²) in [7, 11) is 0. The highest BCUT2D eigenvalue weighted by Crippen LogP contribution is 2.31. The number of rotatable bonds is 4. The first kappa shape index (κ1) is 13.5. The maximum absolute atomic E-state index is 11.8. The molecule has 0 aliphatic heterocycles. The van der Waals surface area contributed by atoms with Crippen LogP contribution in [-0.2, 0) is 4.79 Å². The topological polar surface area (TPSA) is 75.3 Å². The number of nitrogens with two attached hydrogens (primary N) is 1. The summed E-state index contributed by atoms with van der Waals surface area (Å²) >= 11 is 0. The molecule has 0 bridgehead atoms. The Morgan fingerprint density at radius 2 is 2.06 bits per heavy atom. The van der Waals surface area contributed by atoms with Crippen LogP contribution in [0.5, 0.6) is 0 Å². The van der Waals surface area contributed by atoms with Crippen LogP contribution >= 0.6 is 0 Å². The number of hydrogen-bond donors (Lipinski definition) is 3. The molecule has 0 heterocycles. The van der Waals surface area contributed by atoms with Crippen molar-refractivity contribution >= 4 is 5.91 Å². The zero-order chi connectivity index (χ0) is 12.2. The van der Waals surface area contributed by atoms with E-state index in [1.807, 2.05) is 0 Å². The van der Waals surface area contributed by atoms with Gasteiger partial charge in [-0.3, -0.25) is 4.79 Å². The van der Waals surface area contributed by atoms with Crippen molar-refractivity contribution in [2.24, 2.45) is 17.6 Å². The molecular formula is C12H24N2O2. The fraction of sp³-hybridized carbons (Fsp3) is 0.917. The van der Waals surface area contributed by atoms with Crippen LogP contribution in [0.15, 0.2) is 0 Å². The third-order valence-electron chi connectivity index (χ3n) is 3.35. The summed E-state index contributed by atoms with van der Waals surface area (Å²) in [5.41, 5.74) is 4.78. The molecule has 1 saturated carbocycles. The predicted molar refractivity (Wildman–Crippen MR) is 63.8 cm³/mol. The van der Waals surface area contributed by atoms with Gasteiger partial charge in [0.25, 0.3) is 0 Å². The molecular weight excluding hydrogens is 204 g/mol. The lowest BCUT2D eigenvalue weighted by Gasteiger charge is -2.34. The molecule has 1 aliphatic carbocycles. The highest BCUT2D eigenvalue weighted by atomic mass is 16.3. The fourth-order valence-corrected chi connectivity index (χ4v) is 2.07. The lowest BCUT2D eigenvalue weighted by Crippen LogP contribution is -2.44. The summed E-state index contributed by atoms with van der Waals surface area (Å²) in [4.78, 5) is 11.8. The van der Waals surface area contributed by atoms with Gasteiger partial charge in [0.1, 0.15) is 0 Å². The quantitative estimate of drug-likeness (QED) is 0.661. The molecule has 0 aromatic heterocycles. The van der Waals surface area contributed by atoms with Crippen molar-refractivity contribution in [1.29, 1.82) is 0 Å². The van der Waals surface area contributed by atoms with Crippen LogP contribution in [0.4, 0.5) is 0 Å². The molecule has 0 spiro atoms. The minimum atomic E-state index is -0.727. The first-order valence-electron chi connectivity index (χ1n) is 6.17. The van der Waals surface area contributed by atoms with E-state index in [-0.39, 0.29) is 11.8 Å². The number of carbonyl (C=O) groups excluding carboxylic acids is 1. The fourth-order valence-electron chi connectivity index (χ4n) is 2.07. The van der Waals surface area contributed by atoms with Gasteiger partial charge in [0.05, 0.1) is 5.60 Å². The second-order valence-electron chi connectivity index (χ2n) is 5.34.